The van der Waals surface area contributed by atoms with E-state index in [0.717, 1.165) is 49.0 Å². The summed E-state index contributed by atoms with van der Waals surface area (Å²) < 4.78 is 1.62. The molecule has 0 bridgehead atoms. The van der Waals surface area contributed by atoms with Crippen molar-refractivity contribution in [2.45, 2.75) is 19.9 Å². The van der Waals surface area contributed by atoms with Crippen molar-refractivity contribution in [3.05, 3.63) is 39.1 Å². The van der Waals surface area contributed by atoms with Gasteiger partial charge in [-0.1, -0.05) is 11.3 Å². The molecule has 0 radical (unpaired) electrons. The Bertz CT molecular complexity index is 775. The van der Waals surface area contributed by atoms with E-state index < -0.39 is 0 Å². The number of likely N-dealkylation sites (N-methyl/N-ethyl adjacent to an activating group) is 1. The minimum absolute atomic E-state index is 0.0245. The minimum atomic E-state index is -0.119. The van der Waals surface area contributed by atoms with Crippen LogP contribution in [0.3, 0.4) is 0 Å². The van der Waals surface area contributed by atoms with Crippen LogP contribution in [0.2, 0.25) is 0 Å². The quantitative estimate of drug-likeness (QED) is 0.872. The third kappa shape index (κ3) is 4.46. The molecular formula is C17H23N5O2S. The van der Waals surface area contributed by atoms with E-state index in [1.165, 1.54) is 0 Å². The van der Waals surface area contributed by atoms with Gasteiger partial charge in [0, 0.05) is 50.2 Å². The maximum Gasteiger partial charge on any atom is 0.307 e. The van der Waals surface area contributed by atoms with Crippen molar-refractivity contribution in [3.63, 3.8) is 0 Å². The molecule has 0 saturated carbocycles. The van der Waals surface area contributed by atoms with E-state index in [1.54, 1.807) is 16.1 Å². The Morgan fingerprint density at radius 1 is 1.28 bits per heavy atom. The van der Waals surface area contributed by atoms with Crippen LogP contribution in [0.25, 0.3) is 0 Å². The van der Waals surface area contributed by atoms with Crippen LogP contribution in [-0.4, -0.2) is 53.6 Å². The average Bonchev–Trinajstić information content (AvgIpc) is 2.93. The first-order chi connectivity index (χ1) is 12.0. The number of nitrogens with zero attached hydrogens (tertiary/aromatic N) is 4. The third-order valence-corrected chi connectivity index (χ3v) is 5.28. The van der Waals surface area contributed by atoms with Crippen LogP contribution < -0.4 is 15.1 Å². The number of carbonyl (C=O) groups excluding carboxylic acids is 1. The van der Waals surface area contributed by atoms with Crippen molar-refractivity contribution in [3.8, 4) is 0 Å². The second-order valence-electron chi connectivity index (χ2n) is 6.29. The highest BCUT2D eigenvalue weighted by atomic mass is 32.1. The molecule has 1 amide bonds. The normalized spacial score (nSPS) is 15.4. The summed E-state index contributed by atoms with van der Waals surface area (Å²) in [4.78, 5) is 32.7. The third-order valence-electron chi connectivity index (χ3n) is 4.40. The van der Waals surface area contributed by atoms with Crippen molar-refractivity contribution >= 4 is 28.7 Å². The second kappa shape index (κ2) is 7.79. The van der Waals surface area contributed by atoms with Gasteiger partial charge in [-0.2, -0.15) is 0 Å². The van der Waals surface area contributed by atoms with Crippen LogP contribution in [0, 0.1) is 6.92 Å². The highest BCUT2D eigenvalue weighted by molar-refractivity contribution is 7.07. The molecule has 1 saturated heterocycles. The summed E-state index contributed by atoms with van der Waals surface area (Å²) in [6, 6.07) is 3.81. The van der Waals surface area contributed by atoms with Crippen LogP contribution >= 0.6 is 11.3 Å². The van der Waals surface area contributed by atoms with Crippen LogP contribution in [-0.2, 0) is 11.3 Å². The van der Waals surface area contributed by atoms with Gasteiger partial charge in [-0.3, -0.25) is 9.59 Å². The van der Waals surface area contributed by atoms with E-state index in [4.69, 9.17) is 0 Å². The number of pyridine rings is 1. The van der Waals surface area contributed by atoms with E-state index in [-0.39, 0.29) is 17.2 Å². The molecule has 7 nitrogen and oxygen atoms in total. The Labute approximate surface area is 150 Å². The van der Waals surface area contributed by atoms with Crippen LogP contribution in [0.15, 0.2) is 28.5 Å². The Hall–Kier alpha value is -2.19. The van der Waals surface area contributed by atoms with Crippen molar-refractivity contribution < 1.29 is 4.79 Å². The van der Waals surface area contributed by atoms with Gasteiger partial charge in [0.25, 0.3) is 0 Å². The summed E-state index contributed by atoms with van der Waals surface area (Å²) in [7, 11) is 2.12. The maximum absolute atomic E-state index is 12.1. The average molecular weight is 361 g/mol. The van der Waals surface area contributed by atoms with Crippen molar-refractivity contribution in [1.82, 2.24) is 14.5 Å². The van der Waals surface area contributed by atoms with Gasteiger partial charge in [-0.05, 0) is 26.1 Å². The first kappa shape index (κ1) is 17.6. The van der Waals surface area contributed by atoms with E-state index in [9.17, 15) is 9.59 Å². The molecule has 8 heteroatoms. The molecule has 0 aromatic carbocycles. The number of amides is 1. The summed E-state index contributed by atoms with van der Waals surface area (Å²) in [6.45, 7) is 6.25. The molecule has 134 valence electrons. The fourth-order valence-corrected chi connectivity index (χ4v) is 3.56. The summed E-state index contributed by atoms with van der Waals surface area (Å²) in [5, 5.41) is 4.65. The van der Waals surface area contributed by atoms with Crippen molar-refractivity contribution in [2.24, 2.45) is 0 Å². The van der Waals surface area contributed by atoms with Gasteiger partial charge >= 0.3 is 4.87 Å². The van der Waals surface area contributed by atoms with Gasteiger partial charge in [-0.15, -0.1) is 0 Å². The van der Waals surface area contributed by atoms with Gasteiger partial charge in [0.15, 0.2) is 0 Å². The van der Waals surface area contributed by atoms with Gasteiger partial charge in [0.1, 0.15) is 5.82 Å². The summed E-state index contributed by atoms with van der Waals surface area (Å²) in [6.07, 6.45) is 1.95. The number of aromatic nitrogens is 2. The SMILES string of the molecule is Cc1csc(=O)n1CCC(=O)Nc1ccc(N2CCN(C)CC2)nc1. The van der Waals surface area contributed by atoms with E-state index in [2.05, 4.69) is 27.1 Å². The van der Waals surface area contributed by atoms with Crippen LogP contribution in [0.1, 0.15) is 12.1 Å². The first-order valence-electron chi connectivity index (χ1n) is 8.37. The summed E-state index contributed by atoms with van der Waals surface area (Å²) in [5.41, 5.74) is 1.57. The maximum atomic E-state index is 12.1. The van der Waals surface area contributed by atoms with Gasteiger partial charge in [0.05, 0.1) is 11.9 Å². The molecule has 0 spiro atoms. The number of rotatable bonds is 5. The van der Waals surface area contributed by atoms with E-state index in [1.807, 2.05) is 19.1 Å². The lowest BCUT2D eigenvalue weighted by Gasteiger charge is -2.33. The molecule has 0 atom stereocenters. The van der Waals surface area contributed by atoms with Gasteiger partial charge in [-0.25, -0.2) is 4.98 Å². The number of nitrogens with one attached hydrogen (secondary N) is 1. The standard InChI is InChI=1S/C17H23N5O2S/c1-13-12-25-17(24)22(13)6-5-16(23)19-14-3-4-15(18-11-14)21-9-7-20(2)8-10-21/h3-4,11-12H,5-10H2,1-2H3,(H,19,23). The highest BCUT2D eigenvalue weighted by Crippen LogP contribution is 2.16. The van der Waals surface area contributed by atoms with Gasteiger partial charge in [0.2, 0.25) is 5.91 Å². The zero-order valence-corrected chi connectivity index (χ0v) is 15.4. The van der Waals surface area contributed by atoms with Gasteiger partial charge < -0.3 is 19.7 Å². The highest BCUT2D eigenvalue weighted by Gasteiger charge is 2.15. The van der Waals surface area contributed by atoms with Crippen LogP contribution in [0.5, 0.6) is 0 Å². The first-order valence-corrected chi connectivity index (χ1v) is 9.25. The predicted octanol–water partition coefficient (Wildman–Crippen LogP) is 1.39. The number of hydrogen-bond donors (Lipinski definition) is 1. The topological polar surface area (TPSA) is 70.5 Å². The Kier molecular flexibility index (Phi) is 5.50. The smallest absolute Gasteiger partial charge is 0.307 e. The lowest BCUT2D eigenvalue weighted by atomic mass is 10.3. The minimum Gasteiger partial charge on any atom is -0.354 e. The lowest BCUT2D eigenvalue weighted by molar-refractivity contribution is -0.116. The molecule has 1 fully saturated rings. The zero-order valence-electron chi connectivity index (χ0n) is 14.6. The molecule has 0 unspecified atom stereocenters. The largest absolute Gasteiger partial charge is 0.354 e. The Balaban J connectivity index is 1.52. The monoisotopic (exact) mass is 361 g/mol. The molecule has 25 heavy (non-hydrogen) atoms. The molecule has 1 aliphatic rings. The molecule has 3 heterocycles. The fourth-order valence-electron chi connectivity index (χ4n) is 2.79. The number of thiazole rings is 1. The molecule has 1 N–H and O–H groups in total. The van der Waals surface area contributed by atoms with Crippen molar-refractivity contribution in [2.75, 3.05) is 43.4 Å². The number of hydrogen-bond acceptors (Lipinski definition) is 6. The zero-order chi connectivity index (χ0) is 17.8. The van der Waals surface area contributed by atoms with E-state index >= 15 is 0 Å². The molecular weight excluding hydrogens is 338 g/mol. The molecule has 3 rings (SSSR count). The summed E-state index contributed by atoms with van der Waals surface area (Å²) in [5.74, 6) is 0.818. The molecule has 0 aliphatic carbocycles. The fraction of sp³-hybridized carbons (Fsp3) is 0.471. The Morgan fingerprint density at radius 2 is 2.04 bits per heavy atom. The Morgan fingerprint density at radius 3 is 2.64 bits per heavy atom. The van der Waals surface area contributed by atoms with E-state index in [0.29, 0.717) is 12.2 Å². The van der Waals surface area contributed by atoms with Crippen LogP contribution in [0.4, 0.5) is 11.5 Å². The molecule has 2 aromatic heterocycles. The number of anilines is 2. The number of aryl methyl sites for hydroxylation is 1. The number of carbonyl (C=O) groups is 1. The van der Waals surface area contributed by atoms with Crippen molar-refractivity contribution in [1.29, 1.82) is 0 Å². The number of piperazine rings is 1. The summed E-state index contributed by atoms with van der Waals surface area (Å²) >= 11 is 1.16. The molecule has 2 aromatic rings. The predicted molar refractivity (Wildman–Crippen MR) is 101 cm³/mol. The lowest BCUT2D eigenvalue weighted by Crippen LogP contribution is -2.44. The molecule has 1 aliphatic heterocycles. The second-order valence-corrected chi connectivity index (χ2v) is 7.11.